The fourth-order valence-corrected chi connectivity index (χ4v) is 8.52. The number of carboxylic acid groups (broad SMARTS) is 1. The molecule has 264 valence electrons. The fraction of sp³-hybridized carbons (Fsp3) is 0.500. The lowest BCUT2D eigenvalue weighted by Crippen LogP contribution is -2.55. The number of alkyl carbamates (subject to hydrolysis) is 1. The Morgan fingerprint density at radius 1 is 1.02 bits per heavy atom. The molecular weight excluding hydrogens is 634 g/mol. The summed E-state index contributed by atoms with van der Waals surface area (Å²) >= 11 is 0. The van der Waals surface area contributed by atoms with E-state index in [-0.39, 0.29) is 24.8 Å². The molecule has 10 heteroatoms. The highest BCUT2D eigenvalue weighted by atomic mass is 16.6. The van der Waals surface area contributed by atoms with Gasteiger partial charge < -0.3 is 29.5 Å². The monoisotopic (exact) mass is 681 g/mol. The molecule has 0 spiro atoms. The number of amides is 2. The molecule has 0 radical (unpaired) electrons. The van der Waals surface area contributed by atoms with Crippen LogP contribution in [0.3, 0.4) is 0 Å². The molecule has 1 saturated heterocycles. The molecule has 2 N–H and O–H groups in total. The number of para-hydroxylation sites is 1. The third-order valence-electron chi connectivity index (χ3n) is 11.2. The minimum absolute atomic E-state index is 0.0551. The number of pyridine rings is 1. The van der Waals surface area contributed by atoms with Crippen molar-refractivity contribution in [2.24, 2.45) is 11.8 Å². The number of benzene rings is 2. The highest BCUT2D eigenvalue weighted by molar-refractivity contribution is 5.90. The van der Waals surface area contributed by atoms with Crippen LogP contribution >= 0.6 is 0 Å². The van der Waals surface area contributed by atoms with Crippen molar-refractivity contribution in [2.75, 3.05) is 6.54 Å². The van der Waals surface area contributed by atoms with Gasteiger partial charge in [0.2, 0.25) is 11.8 Å². The van der Waals surface area contributed by atoms with E-state index in [1.165, 1.54) is 4.90 Å². The van der Waals surface area contributed by atoms with Gasteiger partial charge in [-0.1, -0.05) is 67.5 Å². The summed E-state index contributed by atoms with van der Waals surface area (Å²) in [5.41, 5.74) is 1.86. The van der Waals surface area contributed by atoms with Crippen molar-refractivity contribution in [3.63, 3.8) is 0 Å². The lowest BCUT2D eigenvalue weighted by molar-refractivity contribution is -0.149. The summed E-state index contributed by atoms with van der Waals surface area (Å²) in [6.45, 7) is 2.41. The quantitative estimate of drug-likeness (QED) is 0.276. The maximum Gasteiger partial charge on any atom is 0.408 e. The molecule has 10 nitrogen and oxygen atoms in total. The fourth-order valence-electron chi connectivity index (χ4n) is 8.52. The highest BCUT2D eigenvalue weighted by Gasteiger charge is 2.47. The Labute approximate surface area is 293 Å². The number of fused-ring (bicyclic) bond motifs is 5. The zero-order valence-corrected chi connectivity index (χ0v) is 28.7. The van der Waals surface area contributed by atoms with Crippen LogP contribution in [0.2, 0.25) is 0 Å². The number of carboxylic acids is 1. The predicted molar refractivity (Wildman–Crippen MR) is 188 cm³/mol. The molecule has 0 unspecified atom stereocenters. The van der Waals surface area contributed by atoms with E-state index >= 15 is 0 Å². The number of hydrogen-bond acceptors (Lipinski definition) is 7. The second kappa shape index (κ2) is 14.7. The molecule has 4 aliphatic rings. The second-order valence-electron chi connectivity index (χ2n) is 14.5. The van der Waals surface area contributed by atoms with E-state index in [4.69, 9.17) is 19.2 Å². The van der Waals surface area contributed by atoms with Gasteiger partial charge in [-0.2, -0.15) is 0 Å². The van der Waals surface area contributed by atoms with Gasteiger partial charge in [-0.05, 0) is 87.8 Å². The molecule has 3 heterocycles. The van der Waals surface area contributed by atoms with Crippen molar-refractivity contribution in [1.82, 2.24) is 15.2 Å². The minimum atomic E-state index is -1.11. The number of rotatable bonds is 5. The Morgan fingerprint density at radius 3 is 2.60 bits per heavy atom. The molecule has 2 bridgehead atoms. The zero-order valence-electron chi connectivity index (χ0n) is 28.7. The van der Waals surface area contributed by atoms with Gasteiger partial charge in [0.25, 0.3) is 0 Å². The third-order valence-corrected chi connectivity index (χ3v) is 11.2. The van der Waals surface area contributed by atoms with Crippen molar-refractivity contribution in [3.05, 3.63) is 77.9 Å². The van der Waals surface area contributed by atoms with Crippen LogP contribution in [0, 0.1) is 11.8 Å². The van der Waals surface area contributed by atoms with Crippen LogP contribution in [0.5, 0.6) is 11.6 Å². The van der Waals surface area contributed by atoms with Crippen LogP contribution in [0.1, 0.15) is 82.3 Å². The molecular formula is C40H47N3O7. The van der Waals surface area contributed by atoms with Crippen LogP contribution in [-0.4, -0.2) is 63.3 Å². The summed E-state index contributed by atoms with van der Waals surface area (Å²) in [5.74, 6) is -0.369. The molecule has 1 aromatic heterocycles. The van der Waals surface area contributed by atoms with Gasteiger partial charge in [0.1, 0.15) is 36.1 Å². The average Bonchev–Trinajstić information content (AvgIpc) is 3.87. The Kier molecular flexibility index (Phi) is 9.97. The Morgan fingerprint density at radius 2 is 1.80 bits per heavy atom. The second-order valence-corrected chi connectivity index (χ2v) is 14.5. The van der Waals surface area contributed by atoms with Gasteiger partial charge in [-0.15, -0.1) is 0 Å². The Hall–Kier alpha value is -4.60. The summed E-state index contributed by atoms with van der Waals surface area (Å²) in [5, 5.41) is 14.1. The van der Waals surface area contributed by atoms with E-state index < -0.39 is 41.8 Å². The smallest absolute Gasteiger partial charge is 0.408 e. The molecule has 3 aromatic rings. The number of aromatic nitrogens is 1. The van der Waals surface area contributed by atoms with Crippen molar-refractivity contribution in [1.29, 1.82) is 0 Å². The molecule has 3 fully saturated rings. The topological polar surface area (TPSA) is 127 Å². The van der Waals surface area contributed by atoms with Crippen LogP contribution in [0.25, 0.3) is 10.9 Å². The van der Waals surface area contributed by atoms with E-state index in [1.54, 1.807) is 0 Å². The first-order valence-corrected chi connectivity index (χ1v) is 18.2. The number of ether oxygens (including phenoxy) is 3. The SMILES string of the molecule is C[C@@]12CCC[C@H]1CC/C=C\Cc1c(nc3ccccc3c1OCc1ccccc1)O[C@@H]1C[C@@H](C(=O)O)N(C1)C(=O)[C@H](C1CCCC1)NC(=O)O2. The molecule has 7 rings (SSSR count). The van der Waals surface area contributed by atoms with Gasteiger partial charge in [0.15, 0.2) is 0 Å². The number of nitrogens with one attached hydrogen (secondary N) is 1. The van der Waals surface area contributed by atoms with Crippen LogP contribution in [0.15, 0.2) is 66.7 Å². The zero-order chi connectivity index (χ0) is 34.7. The van der Waals surface area contributed by atoms with E-state index in [0.29, 0.717) is 30.2 Å². The maximum absolute atomic E-state index is 14.3. The van der Waals surface area contributed by atoms with Crippen molar-refractivity contribution in [2.45, 2.75) is 108 Å². The molecule has 50 heavy (non-hydrogen) atoms. The summed E-state index contributed by atoms with van der Waals surface area (Å²) < 4.78 is 19.4. The molecule has 2 aliphatic heterocycles. The van der Waals surface area contributed by atoms with Crippen molar-refractivity contribution in [3.8, 4) is 11.6 Å². The predicted octanol–water partition coefficient (Wildman–Crippen LogP) is 6.98. The minimum Gasteiger partial charge on any atom is -0.488 e. The number of carbonyl (C=O) groups is 3. The van der Waals surface area contributed by atoms with Gasteiger partial charge in [-0.25, -0.2) is 14.6 Å². The number of carbonyl (C=O) groups excluding carboxylic acids is 2. The van der Waals surface area contributed by atoms with E-state index in [0.717, 1.165) is 74.3 Å². The summed E-state index contributed by atoms with van der Waals surface area (Å²) in [6, 6.07) is 15.8. The van der Waals surface area contributed by atoms with Crippen molar-refractivity contribution >= 4 is 28.9 Å². The number of aliphatic carboxylic acids is 1. The molecule has 2 aromatic carbocycles. The molecule has 2 aliphatic carbocycles. The summed E-state index contributed by atoms with van der Waals surface area (Å²) in [6.07, 6.45) is 11.4. The standard InChI is InChI=1S/C40H47N3O7/c1-40-22-12-18-28(40)17-6-3-7-20-31-35(48-25-26-13-4-2-5-14-26)30-19-10-11-21-32(30)41-36(31)49-29-23-33(38(45)46)43(24-29)37(44)34(42-39(47)50-40)27-15-8-9-16-27/h2-5,7,10-11,13-14,19,21,27-29,33-34H,6,8-9,12,15-18,20,22-25H2,1H3,(H,42,47)(H,45,46)/b7-3-/t28-,29-,33+,34+,40-/m1/s1. The van der Waals surface area contributed by atoms with Gasteiger partial charge in [0, 0.05) is 11.8 Å². The van der Waals surface area contributed by atoms with Gasteiger partial charge >= 0.3 is 12.1 Å². The third kappa shape index (κ3) is 7.16. The largest absolute Gasteiger partial charge is 0.488 e. The number of hydrogen-bond donors (Lipinski definition) is 2. The van der Waals surface area contributed by atoms with Gasteiger partial charge in [0.05, 0.1) is 17.6 Å². The van der Waals surface area contributed by atoms with Gasteiger partial charge in [-0.3, -0.25) is 4.79 Å². The highest BCUT2D eigenvalue weighted by Crippen LogP contribution is 2.42. The maximum atomic E-state index is 14.3. The van der Waals surface area contributed by atoms with E-state index in [1.807, 2.05) is 61.5 Å². The Balaban J connectivity index is 1.27. The summed E-state index contributed by atoms with van der Waals surface area (Å²) in [4.78, 5) is 46.8. The first-order valence-electron chi connectivity index (χ1n) is 18.2. The Bertz CT molecular complexity index is 1740. The van der Waals surface area contributed by atoms with Crippen molar-refractivity contribution < 1.29 is 33.7 Å². The summed E-state index contributed by atoms with van der Waals surface area (Å²) in [7, 11) is 0. The van der Waals surface area contributed by atoms with E-state index in [9.17, 15) is 19.5 Å². The molecule has 2 amide bonds. The first kappa shape index (κ1) is 33.9. The lowest BCUT2D eigenvalue weighted by atomic mass is 9.88. The van der Waals surface area contributed by atoms with E-state index in [2.05, 4.69) is 17.5 Å². The molecule has 5 atom stereocenters. The average molecular weight is 682 g/mol. The van der Waals surface area contributed by atoms with Crippen LogP contribution in [0.4, 0.5) is 4.79 Å². The molecule has 2 saturated carbocycles. The number of allylic oxidation sites excluding steroid dienone is 2. The first-order chi connectivity index (χ1) is 24.3. The van der Waals surface area contributed by atoms with Crippen LogP contribution in [-0.2, 0) is 27.4 Å². The normalized spacial score (nSPS) is 28.5. The number of nitrogens with zero attached hydrogens (tertiary/aromatic N) is 2. The van der Waals surface area contributed by atoms with Crippen LogP contribution < -0.4 is 14.8 Å². The lowest BCUT2D eigenvalue weighted by Gasteiger charge is -2.34.